The molecule has 0 aliphatic heterocycles. The maximum Gasteiger partial charge on any atom is 0.222 e. The van der Waals surface area contributed by atoms with Crippen molar-refractivity contribution in [2.75, 3.05) is 20.1 Å². The Hall–Kier alpha value is -1.31. The maximum atomic E-state index is 11.8. The van der Waals surface area contributed by atoms with Gasteiger partial charge in [0, 0.05) is 33.1 Å². The average Bonchev–Trinajstić information content (AvgIpc) is 2.56. The van der Waals surface area contributed by atoms with Crippen molar-refractivity contribution < 1.29 is 4.79 Å². The van der Waals surface area contributed by atoms with E-state index < -0.39 is 0 Å². The van der Waals surface area contributed by atoms with Crippen molar-refractivity contribution in [3.05, 3.63) is 35.9 Å². The summed E-state index contributed by atoms with van der Waals surface area (Å²) in [5.41, 5.74) is 1.11. The molecule has 0 saturated carbocycles. The lowest BCUT2D eigenvalue weighted by molar-refractivity contribution is -0.121. The van der Waals surface area contributed by atoms with Gasteiger partial charge in [0.05, 0.1) is 0 Å². The van der Waals surface area contributed by atoms with Crippen molar-refractivity contribution in [3.63, 3.8) is 0 Å². The Kier molecular flexibility index (Phi) is 13.5. The lowest BCUT2D eigenvalue weighted by Gasteiger charge is -2.11. The molecule has 1 aromatic rings. The van der Waals surface area contributed by atoms with Crippen LogP contribution < -0.4 is 16.0 Å². The van der Waals surface area contributed by atoms with Crippen LogP contribution in [-0.4, -0.2) is 32.0 Å². The van der Waals surface area contributed by atoms with Gasteiger partial charge in [0.25, 0.3) is 0 Å². The second kappa shape index (κ2) is 14.3. The molecule has 0 heterocycles. The summed E-state index contributed by atoms with van der Waals surface area (Å²) in [7, 11) is 1.74. The Balaban J connectivity index is 0.00000484. The number of nitrogens with zero attached hydrogens (tertiary/aromatic N) is 1. The largest absolute Gasteiger partial charge is 0.356 e. The van der Waals surface area contributed by atoms with E-state index in [-0.39, 0.29) is 29.9 Å². The fourth-order valence-electron chi connectivity index (χ4n) is 1.98. The standard InChI is InChI=1S/C17H28N4O.HI/c1-3-4-8-12-19-17(18-2)20-13-11-16(22)21-14-15-9-6-5-7-10-15;/h5-7,9-10H,3-4,8,11-14H2,1-2H3,(H,21,22)(H2,18,19,20);1H. The number of hydrogen-bond acceptors (Lipinski definition) is 2. The Labute approximate surface area is 156 Å². The predicted molar refractivity (Wildman–Crippen MR) is 107 cm³/mol. The van der Waals surface area contributed by atoms with Crippen LogP contribution in [0.5, 0.6) is 0 Å². The summed E-state index contributed by atoms with van der Waals surface area (Å²) in [5, 5.41) is 9.31. The van der Waals surface area contributed by atoms with Gasteiger partial charge >= 0.3 is 0 Å². The molecule has 3 N–H and O–H groups in total. The first-order chi connectivity index (χ1) is 10.8. The van der Waals surface area contributed by atoms with E-state index in [0.29, 0.717) is 19.5 Å². The van der Waals surface area contributed by atoms with Crippen LogP contribution in [-0.2, 0) is 11.3 Å². The number of benzene rings is 1. The normalized spacial score (nSPS) is 10.6. The van der Waals surface area contributed by atoms with Crippen molar-refractivity contribution in [1.29, 1.82) is 0 Å². The Morgan fingerprint density at radius 3 is 2.39 bits per heavy atom. The van der Waals surface area contributed by atoms with E-state index in [9.17, 15) is 4.79 Å². The van der Waals surface area contributed by atoms with Gasteiger partial charge in [-0.05, 0) is 12.0 Å². The minimum absolute atomic E-state index is 0. The molecule has 0 aliphatic carbocycles. The third-order valence-corrected chi connectivity index (χ3v) is 3.27. The van der Waals surface area contributed by atoms with E-state index in [1.807, 2.05) is 30.3 Å². The lowest BCUT2D eigenvalue weighted by atomic mass is 10.2. The van der Waals surface area contributed by atoms with Gasteiger partial charge in [0.1, 0.15) is 0 Å². The van der Waals surface area contributed by atoms with Crippen LogP contribution in [0, 0.1) is 0 Å². The molecule has 0 unspecified atom stereocenters. The monoisotopic (exact) mass is 432 g/mol. The smallest absolute Gasteiger partial charge is 0.222 e. The van der Waals surface area contributed by atoms with Crippen LogP contribution >= 0.6 is 24.0 Å². The highest BCUT2D eigenvalue weighted by Gasteiger charge is 2.02. The number of carbonyl (C=O) groups excluding carboxylic acids is 1. The van der Waals surface area contributed by atoms with Crippen LogP contribution in [0.3, 0.4) is 0 Å². The minimum atomic E-state index is 0. The Morgan fingerprint density at radius 2 is 1.74 bits per heavy atom. The molecule has 0 radical (unpaired) electrons. The van der Waals surface area contributed by atoms with Gasteiger partial charge < -0.3 is 16.0 Å². The highest BCUT2D eigenvalue weighted by Crippen LogP contribution is 1.97. The highest BCUT2D eigenvalue weighted by molar-refractivity contribution is 14.0. The molecule has 6 heteroatoms. The molecule has 130 valence electrons. The summed E-state index contributed by atoms with van der Waals surface area (Å²) in [5.74, 6) is 0.796. The van der Waals surface area contributed by atoms with Crippen molar-refractivity contribution in [3.8, 4) is 0 Å². The summed E-state index contributed by atoms with van der Waals surface area (Å²) in [6, 6.07) is 9.91. The van der Waals surface area contributed by atoms with Gasteiger partial charge in [-0.15, -0.1) is 24.0 Å². The summed E-state index contributed by atoms with van der Waals surface area (Å²) < 4.78 is 0. The van der Waals surface area contributed by atoms with Crippen LogP contribution in [0.4, 0.5) is 0 Å². The number of amides is 1. The summed E-state index contributed by atoms with van der Waals surface area (Å²) >= 11 is 0. The van der Waals surface area contributed by atoms with Gasteiger partial charge in [0.2, 0.25) is 5.91 Å². The number of halogens is 1. The summed E-state index contributed by atoms with van der Waals surface area (Å²) in [6.45, 7) is 4.24. The molecule has 5 nitrogen and oxygen atoms in total. The fourth-order valence-corrected chi connectivity index (χ4v) is 1.98. The number of nitrogens with one attached hydrogen (secondary N) is 3. The number of hydrogen-bond donors (Lipinski definition) is 3. The topological polar surface area (TPSA) is 65.5 Å². The molecule has 1 rings (SSSR count). The molecule has 0 aromatic heterocycles. The van der Waals surface area contributed by atoms with Crippen LogP contribution in [0.25, 0.3) is 0 Å². The second-order valence-corrected chi connectivity index (χ2v) is 5.15. The van der Waals surface area contributed by atoms with Crippen molar-refractivity contribution in [1.82, 2.24) is 16.0 Å². The zero-order valence-corrected chi connectivity index (χ0v) is 16.4. The van der Waals surface area contributed by atoms with E-state index in [0.717, 1.165) is 24.5 Å². The third kappa shape index (κ3) is 11.0. The molecule has 1 amide bonds. The third-order valence-electron chi connectivity index (χ3n) is 3.27. The van der Waals surface area contributed by atoms with Crippen molar-refractivity contribution >= 4 is 35.8 Å². The SMILES string of the molecule is CCCCCNC(=NC)NCCC(=O)NCc1ccccc1.I. The van der Waals surface area contributed by atoms with E-state index in [2.05, 4.69) is 27.9 Å². The average molecular weight is 432 g/mol. The van der Waals surface area contributed by atoms with E-state index in [1.54, 1.807) is 7.05 Å². The van der Waals surface area contributed by atoms with Crippen LogP contribution in [0.15, 0.2) is 35.3 Å². The van der Waals surface area contributed by atoms with Gasteiger partial charge in [0.15, 0.2) is 5.96 Å². The first-order valence-electron chi connectivity index (χ1n) is 8.01. The molecule has 0 bridgehead atoms. The quantitative estimate of drug-likeness (QED) is 0.243. The number of aliphatic imine (C=N–C) groups is 1. The molecule has 0 spiro atoms. The molecule has 23 heavy (non-hydrogen) atoms. The van der Waals surface area contributed by atoms with Crippen LogP contribution in [0.1, 0.15) is 38.2 Å². The molecule has 0 fully saturated rings. The van der Waals surface area contributed by atoms with Crippen molar-refractivity contribution in [2.24, 2.45) is 4.99 Å². The predicted octanol–water partition coefficient (Wildman–Crippen LogP) is 2.67. The van der Waals surface area contributed by atoms with Gasteiger partial charge in [-0.1, -0.05) is 50.1 Å². The van der Waals surface area contributed by atoms with Crippen LogP contribution in [0.2, 0.25) is 0 Å². The first kappa shape index (κ1) is 21.7. The van der Waals surface area contributed by atoms with E-state index >= 15 is 0 Å². The molecule has 0 saturated heterocycles. The van der Waals surface area contributed by atoms with E-state index in [4.69, 9.17) is 0 Å². The number of unbranched alkanes of at least 4 members (excludes halogenated alkanes) is 2. The number of guanidine groups is 1. The molecule has 0 atom stereocenters. The summed E-state index contributed by atoms with van der Waals surface area (Å²) in [6.07, 6.45) is 3.98. The van der Waals surface area contributed by atoms with E-state index in [1.165, 1.54) is 12.8 Å². The molecule has 0 aliphatic rings. The summed E-state index contributed by atoms with van der Waals surface area (Å²) in [4.78, 5) is 15.9. The zero-order chi connectivity index (χ0) is 16.0. The Bertz CT molecular complexity index is 451. The second-order valence-electron chi connectivity index (χ2n) is 5.15. The number of carbonyl (C=O) groups is 1. The minimum Gasteiger partial charge on any atom is -0.356 e. The molecule has 1 aromatic carbocycles. The lowest BCUT2D eigenvalue weighted by Crippen LogP contribution is -2.39. The fraction of sp³-hybridized carbons (Fsp3) is 0.529. The maximum absolute atomic E-state index is 11.8. The zero-order valence-electron chi connectivity index (χ0n) is 14.1. The van der Waals surface area contributed by atoms with Gasteiger partial charge in [-0.2, -0.15) is 0 Å². The van der Waals surface area contributed by atoms with Crippen molar-refractivity contribution in [2.45, 2.75) is 39.2 Å². The number of rotatable bonds is 9. The Morgan fingerprint density at radius 1 is 1.04 bits per heavy atom. The molecular weight excluding hydrogens is 403 g/mol. The van der Waals surface area contributed by atoms with Gasteiger partial charge in [-0.3, -0.25) is 9.79 Å². The molecular formula is C17H29IN4O. The van der Waals surface area contributed by atoms with Gasteiger partial charge in [-0.25, -0.2) is 0 Å². The first-order valence-corrected chi connectivity index (χ1v) is 8.01. The highest BCUT2D eigenvalue weighted by atomic mass is 127.